The van der Waals surface area contributed by atoms with Crippen LogP contribution in [0.15, 0.2) is 0 Å². The van der Waals surface area contributed by atoms with Gasteiger partial charge in [0.2, 0.25) is 10.0 Å². The van der Waals surface area contributed by atoms with E-state index in [1.54, 1.807) is 0 Å². The maximum atomic E-state index is 11.6. The molecule has 0 spiro atoms. The Morgan fingerprint density at radius 3 is 2.88 bits per heavy atom. The molecule has 4 nitrogen and oxygen atoms in total. The molecule has 0 radical (unpaired) electrons. The Hall–Kier alpha value is -0.130. The molecule has 0 aromatic carbocycles. The average Bonchev–Trinajstić information content (AvgIpc) is 2.52. The zero-order chi connectivity index (χ0) is 11.9. The molecule has 0 aromatic rings. The van der Waals surface area contributed by atoms with Crippen molar-refractivity contribution in [3.8, 4) is 0 Å². The van der Waals surface area contributed by atoms with Crippen molar-refractivity contribution in [2.45, 2.75) is 51.5 Å². The van der Waals surface area contributed by atoms with Crippen LogP contribution in [0.5, 0.6) is 0 Å². The summed E-state index contributed by atoms with van der Waals surface area (Å²) in [4.78, 5) is 0. The standard InChI is InChI=1S/C11H24N2O2S/c1-2-3-9-16(14,15)13-10-11-7-5-4-6-8-12-11/h11-13H,2-10H2,1H3. The number of unbranched alkanes of at least 4 members (excludes halogenated alkanes) is 1. The Bertz CT molecular complexity index is 270. The van der Waals surface area contributed by atoms with Crippen LogP contribution in [0.25, 0.3) is 0 Å². The van der Waals surface area contributed by atoms with E-state index in [-0.39, 0.29) is 5.75 Å². The summed E-state index contributed by atoms with van der Waals surface area (Å²) in [5.41, 5.74) is 0. The molecular weight excluding hydrogens is 224 g/mol. The van der Waals surface area contributed by atoms with E-state index in [4.69, 9.17) is 0 Å². The molecule has 16 heavy (non-hydrogen) atoms. The second kappa shape index (κ2) is 7.25. The first-order chi connectivity index (χ1) is 7.64. The highest BCUT2D eigenvalue weighted by atomic mass is 32.2. The maximum Gasteiger partial charge on any atom is 0.211 e. The molecule has 0 bridgehead atoms. The molecule has 1 heterocycles. The lowest BCUT2D eigenvalue weighted by atomic mass is 10.1. The minimum Gasteiger partial charge on any atom is -0.313 e. The molecule has 1 atom stereocenters. The quantitative estimate of drug-likeness (QED) is 0.743. The van der Waals surface area contributed by atoms with Crippen molar-refractivity contribution < 1.29 is 8.42 Å². The van der Waals surface area contributed by atoms with E-state index in [0.29, 0.717) is 12.6 Å². The summed E-state index contributed by atoms with van der Waals surface area (Å²) in [5, 5.41) is 3.38. The van der Waals surface area contributed by atoms with Gasteiger partial charge in [-0.05, 0) is 25.8 Å². The summed E-state index contributed by atoms with van der Waals surface area (Å²) >= 11 is 0. The van der Waals surface area contributed by atoms with Gasteiger partial charge in [-0.25, -0.2) is 13.1 Å². The minimum absolute atomic E-state index is 0.260. The fourth-order valence-corrected chi connectivity index (χ4v) is 3.18. The molecule has 1 rings (SSSR count). The molecule has 0 aliphatic carbocycles. The Balaban J connectivity index is 2.26. The summed E-state index contributed by atoms with van der Waals surface area (Å²) in [6.07, 6.45) is 6.41. The molecule has 0 amide bonds. The molecule has 1 saturated heterocycles. The monoisotopic (exact) mass is 248 g/mol. The van der Waals surface area contributed by atoms with Crippen LogP contribution in [-0.2, 0) is 10.0 Å². The number of nitrogens with one attached hydrogen (secondary N) is 2. The van der Waals surface area contributed by atoms with Crippen molar-refractivity contribution in [3.63, 3.8) is 0 Å². The van der Waals surface area contributed by atoms with Crippen LogP contribution in [-0.4, -0.2) is 33.3 Å². The number of hydrogen-bond acceptors (Lipinski definition) is 3. The zero-order valence-electron chi connectivity index (χ0n) is 10.2. The predicted molar refractivity (Wildman–Crippen MR) is 67.0 cm³/mol. The topological polar surface area (TPSA) is 58.2 Å². The summed E-state index contributed by atoms with van der Waals surface area (Å²) in [5.74, 6) is 0.260. The van der Waals surface area contributed by atoms with Gasteiger partial charge < -0.3 is 5.32 Å². The van der Waals surface area contributed by atoms with E-state index in [9.17, 15) is 8.42 Å². The van der Waals surface area contributed by atoms with Crippen LogP contribution in [0.4, 0.5) is 0 Å². The van der Waals surface area contributed by atoms with Gasteiger partial charge in [0.15, 0.2) is 0 Å². The van der Waals surface area contributed by atoms with Gasteiger partial charge in [-0.1, -0.05) is 26.2 Å². The van der Waals surface area contributed by atoms with Crippen LogP contribution < -0.4 is 10.0 Å². The molecule has 1 aliphatic rings. The maximum absolute atomic E-state index is 11.6. The zero-order valence-corrected chi connectivity index (χ0v) is 11.0. The van der Waals surface area contributed by atoms with Crippen LogP contribution in [0.3, 0.4) is 0 Å². The average molecular weight is 248 g/mol. The second-order valence-corrected chi connectivity index (χ2v) is 6.45. The molecule has 1 unspecified atom stereocenters. The summed E-state index contributed by atoms with van der Waals surface area (Å²) in [7, 11) is -3.05. The first kappa shape index (κ1) is 13.9. The fourth-order valence-electron chi connectivity index (χ4n) is 1.91. The Kier molecular flexibility index (Phi) is 6.31. The Morgan fingerprint density at radius 1 is 1.31 bits per heavy atom. The number of rotatable bonds is 6. The Labute approximate surface area is 99.2 Å². The van der Waals surface area contributed by atoms with Crippen LogP contribution in [0.2, 0.25) is 0 Å². The third-order valence-electron chi connectivity index (χ3n) is 2.98. The summed E-state index contributed by atoms with van der Waals surface area (Å²) in [6, 6.07) is 0.318. The lowest BCUT2D eigenvalue weighted by molar-refractivity contribution is 0.494. The molecule has 0 aromatic heterocycles. The highest BCUT2D eigenvalue weighted by Crippen LogP contribution is 2.07. The van der Waals surface area contributed by atoms with Gasteiger partial charge in [0.25, 0.3) is 0 Å². The molecule has 1 fully saturated rings. The van der Waals surface area contributed by atoms with Crippen molar-refractivity contribution >= 4 is 10.0 Å². The number of hydrogen-bond donors (Lipinski definition) is 2. The van der Waals surface area contributed by atoms with Gasteiger partial charge in [0.1, 0.15) is 0 Å². The van der Waals surface area contributed by atoms with E-state index in [1.807, 2.05) is 6.92 Å². The van der Waals surface area contributed by atoms with E-state index >= 15 is 0 Å². The van der Waals surface area contributed by atoms with Crippen molar-refractivity contribution in [1.29, 1.82) is 0 Å². The third-order valence-corrected chi connectivity index (χ3v) is 4.41. The third kappa shape index (κ3) is 5.82. The first-order valence-electron chi connectivity index (χ1n) is 6.35. The van der Waals surface area contributed by atoms with E-state index < -0.39 is 10.0 Å². The minimum atomic E-state index is -3.05. The highest BCUT2D eigenvalue weighted by Gasteiger charge is 2.15. The van der Waals surface area contributed by atoms with Gasteiger partial charge in [0, 0.05) is 12.6 Å². The van der Waals surface area contributed by atoms with Crippen molar-refractivity contribution in [3.05, 3.63) is 0 Å². The van der Waals surface area contributed by atoms with Crippen LogP contribution in [0, 0.1) is 0 Å². The smallest absolute Gasteiger partial charge is 0.211 e. The molecular formula is C11H24N2O2S. The largest absolute Gasteiger partial charge is 0.313 e. The Morgan fingerprint density at radius 2 is 2.12 bits per heavy atom. The van der Waals surface area contributed by atoms with E-state index in [2.05, 4.69) is 10.0 Å². The van der Waals surface area contributed by atoms with Crippen molar-refractivity contribution in [2.24, 2.45) is 0 Å². The molecule has 96 valence electrons. The molecule has 1 aliphatic heterocycles. The van der Waals surface area contributed by atoms with Crippen LogP contribution in [0.1, 0.15) is 45.4 Å². The summed E-state index contributed by atoms with van der Waals surface area (Å²) < 4.78 is 25.9. The predicted octanol–water partition coefficient (Wildman–Crippen LogP) is 1.24. The summed E-state index contributed by atoms with van der Waals surface area (Å²) in [6.45, 7) is 3.57. The lowest BCUT2D eigenvalue weighted by Gasteiger charge is -2.16. The van der Waals surface area contributed by atoms with Gasteiger partial charge in [0.05, 0.1) is 5.75 Å². The highest BCUT2D eigenvalue weighted by molar-refractivity contribution is 7.89. The van der Waals surface area contributed by atoms with E-state index in [1.165, 1.54) is 19.3 Å². The number of sulfonamides is 1. The van der Waals surface area contributed by atoms with Gasteiger partial charge in [-0.15, -0.1) is 0 Å². The normalized spacial score (nSPS) is 22.9. The van der Waals surface area contributed by atoms with Crippen LogP contribution >= 0.6 is 0 Å². The second-order valence-electron chi connectivity index (χ2n) is 4.52. The molecule has 0 saturated carbocycles. The van der Waals surface area contributed by atoms with Gasteiger partial charge in [-0.3, -0.25) is 0 Å². The van der Waals surface area contributed by atoms with E-state index in [0.717, 1.165) is 25.8 Å². The SMILES string of the molecule is CCCCS(=O)(=O)NCC1CCCCCN1. The van der Waals surface area contributed by atoms with Gasteiger partial charge >= 0.3 is 0 Å². The van der Waals surface area contributed by atoms with Gasteiger partial charge in [-0.2, -0.15) is 0 Å². The van der Waals surface area contributed by atoms with Crippen molar-refractivity contribution in [2.75, 3.05) is 18.8 Å². The lowest BCUT2D eigenvalue weighted by Crippen LogP contribution is -2.41. The fraction of sp³-hybridized carbons (Fsp3) is 1.00. The molecule has 5 heteroatoms. The molecule has 2 N–H and O–H groups in total. The first-order valence-corrected chi connectivity index (χ1v) is 8.00. The van der Waals surface area contributed by atoms with Crippen molar-refractivity contribution in [1.82, 2.24) is 10.0 Å².